The molecule has 0 aliphatic carbocycles. The van der Waals surface area contributed by atoms with Crippen LogP contribution in [0.5, 0.6) is 0 Å². The van der Waals surface area contributed by atoms with Gasteiger partial charge in [-0.3, -0.25) is 0 Å². The van der Waals surface area contributed by atoms with E-state index in [1.54, 1.807) is 0 Å². The molecule has 0 amide bonds. The average molecular weight is 562 g/mol. The molecule has 2 heterocycles. The van der Waals surface area contributed by atoms with E-state index in [2.05, 4.69) is 156 Å². The smallest absolute Gasteiger partial charge is 0.143 e. The van der Waals surface area contributed by atoms with Gasteiger partial charge < -0.3 is 8.98 Å². The summed E-state index contributed by atoms with van der Waals surface area (Å²) in [6.45, 7) is 0. The van der Waals surface area contributed by atoms with Gasteiger partial charge in [-0.2, -0.15) is 0 Å². The molecule has 44 heavy (non-hydrogen) atoms. The van der Waals surface area contributed by atoms with Crippen LogP contribution in [0.2, 0.25) is 0 Å². The second-order valence-electron chi connectivity index (χ2n) is 11.3. The second-order valence-corrected chi connectivity index (χ2v) is 11.3. The van der Waals surface area contributed by atoms with E-state index in [0.29, 0.717) is 0 Å². The first-order valence-electron chi connectivity index (χ1n) is 15.0. The van der Waals surface area contributed by atoms with Gasteiger partial charge in [0.1, 0.15) is 11.2 Å². The maximum Gasteiger partial charge on any atom is 0.143 e. The molecule has 0 saturated carbocycles. The minimum absolute atomic E-state index is 0.914. The minimum atomic E-state index is 0.914. The molecule has 0 radical (unpaired) electrons. The van der Waals surface area contributed by atoms with Crippen molar-refractivity contribution < 1.29 is 4.42 Å². The Bertz CT molecular complexity index is 2470. The van der Waals surface area contributed by atoms with Crippen molar-refractivity contribution in [3.8, 4) is 39.1 Å². The summed E-state index contributed by atoms with van der Waals surface area (Å²) in [5, 5.41) is 4.72. The molecule has 0 atom stereocenters. The zero-order valence-corrected chi connectivity index (χ0v) is 23.9. The lowest BCUT2D eigenvalue weighted by atomic mass is 9.94. The van der Waals surface area contributed by atoms with Gasteiger partial charge in [0.15, 0.2) is 0 Å². The van der Waals surface area contributed by atoms with E-state index >= 15 is 0 Å². The maximum atomic E-state index is 6.46. The van der Waals surface area contributed by atoms with Crippen LogP contribution in [0.3, 0.4) is 0 Å². The van der Waals surface area contributed by atoms with E-state index in [1.165, 1.54) is 44.1 Å². The van der Waals surface area contributed by atoms with Gasteiger partial charge in [-0.05, 0) is 64.7 Å². The van der Waals surface area contributed by atoms with E-state index in [1.807, 2.05) is 12.1 Å². The summed E-state index contributed by atoms with van der Waals surface area (Å²) in [6, 6.07) is 58.5. The van der Waals surface area contributed by atoms with Crippen molar-refractivity contribution in [2.24, 2.45) is 0 Å². The van der Waals surface area contributed by atoms with Gasteiger partial charge in [0, 0.05) is 38.4 Å². The summed E-state index contributed by atoms with van der Waals surface area (Å²) in [4.78, 5) is 0. The zero-order valence-electron chi connectivity index (χ0n) is 23.9. The molecular weight excluding hydrogens is 534 g/mol. The van der Waals surface area contributed by atoms with Crippen LogP contribution in [0.4, 0.5) is 0 Å². The van der Waals surface area contributed by atoms with Crippen LogP contribution < -0.4 is 0 Å². The van der Waals surface area contributed by atoms with Crippen molar-refractivity contribution in [3.63, 3.8) is 0 Å². The van der Waals surface area contributed by atoms with Crippen molar-refractivity contribution in [1.29, 1.82) is 0 Å². The standard InChI is InChI=1S/C42H27NO/c1-4-13-28(14-5-1)31-26-36(29-15-6-2-7-16-29)41-38(27-31)37-25-30(23-24-39(37)43(41)32-17-8-3-9-18-32)33-20-12-21-35-34-19-10-11-22-40(34)44-42(33)35/h1-27H. The van der Waals surface area contributed by atoms with Gasteiger partial charge in [0.05, 0.1) is 11.0 Å². The fourth-order valence-electron chi connectivity index (χ4n) is 6.77. The lowest BCUT2D eigenvalue weighted by molar-refractivity contribution is 0.670. The van der Waals surface area contributed by atoms with E-state index in [0.717, 1.165) is 38.8 Å². The first kappa shape index (κ1) is 24.7. The second kappa shape index (κ2) is 9.86. The topological polar surface area (TPSA) is 18.1 Å². The molecule has 2 aromatic heterocycles. The summed E-state index contributed by atoms with van der Waals surface area (Å²) in [5.74, 6) is 0. The number of furan rings is 1. The third-order valence-corrected chi connectivity index (χ3v) is 8.78. The highest BCUT2D eigenvalue weighted by atomic mass is 16.3. The van der Waals surface area contributed by atoms with Crippen LogP contribution in [0.15, 0.2) is 168 Å². The molecule has 9 aromatic rings. The summed E-state index contributed by atoms with van der Waals surface area (Å²) in [6.07, 6.45) is 0. The molecule has 0 N–H and O–H groups in total. The first-order chi connectivity index (χ1) is 21.8. The molecule has 0 aliphatic heterocycles. The van der Waals surface area contributed by atoms with Crippen LogP contribution >= 0.6 is 0 Å². The molecule has 0 bridgehead atoms. The number of rotatable bonds is 4. The molecule has 0 spiro atoms. The number of aromatic nitrogens is 1. The summed E-state index contributed by atoms with van der Waals surface area (Å²) >= 11 is 0. The molecule has 0 aliphatic rings. The van der Waals surface area contributed by atoms with Crippen LogP contribution in [0, 0.1) is 0 Å². The van der Waals surface area contributed by atoms with Crippen molar-refractivity contribution in [1.82, 2.24) is 4.57 Å². The van der Waals surface area contributed by atoms with Crippen molar-refractivity contribution in [2.45, 2.75) is 0 Å². The highest BCUT2D eigenvalue weighted by Crippen LogP contribution is 2.43. The lowest BCUT2D eigenvalue weighted by Crippen LogP contribution is -1.95. The number of benzene rings is 7. The maximum absolute atomic E-state index is 6.46. The SMILES string of the molecule is c1ccc(-c2cc(-c3ccccc3)c3c(c2)c2cc(-c4cccc5c4oc4ccccc45)ccc2n3-c2ccccc2)cc1. The Morgan fingerprint density at radius 1 is 0.386 bits per heavy atom. The number of para-hydroxylation sites is 3. The van der Waals surface area contributed by atoms with Gasteiger partial charge >= 0.3 is 0 Å². The minimum Gasteiger partial charge on any atom is -0.455 e. The molecule has 0 saturated heterocycles. The summed E-state index contributed by atoms with van der Waals surface area (Å²) in [7, 11) is 0. The molecule has 9 rings (SSSR count). The predicted molar refractivity (Wildman–Crippen MR) is 184 cm³/mol. The van der Waals surface area contributed by atoms with Gasteiger partial charge in [-0.15, -0.1) is 0 Å². The molecule has 206 valence electrons. The van der Waals surface area contributed by atoms with E-state index < -0.39 is 0 Å². The Hall–Kier alpha value is -5.86. The molecule has 7 aromatic carbocycles. The average Bonchev–Trinajstić information content (AvgIpc) is 3.65. The Morgan fingerprint density at radius 2 is 1.05 bits per heavy atom. The van der Waals surface area contributed by atoms with Crippen molar-refractivity contribution >= 4 is 43.7 Å². The van der Waals surface area contributed by atoms with E-state index in [4.69, 9.17) is 4.42 Å². The fraction of sp³-hybridized carbons (Fsp3) is 0. The molecule has 2 heteroatoms. The molecule has 0 fully saturated rings. The predicted octanol–water partition coefficient (Wildman–Crippen LogP) is 11.7. The fourth-order valence-corrected chi connectivity index (χ4v) is 6.77. The number of hydrogen-bond donors (Lipinski definition) is 0. The number of hydrogen-bond acceptors (Lipinski definition) is 1. The van der Waals surface area contributed by atoms with Gasteiger partial charge in [0.25, 0.3) is 0 Å². The van der Waals surface area contributed by atoms with Crippen LogP contribution in [-0.4, -0.2) is 4.57 Å². The third kappa shape index (κ3) is 3.82. The largest absolute Gasteiger partial charge is 0.455 e. The van der Waals surface area contributed by atoms with Crippen LogP contribution in [0.25, 0.3) is 82.8 Å². The molecule has 2 nitrogen and oxygen atoms in total. The highest BCUT2D eigenvalue weighted by Gasteiger charge is 2.20. The van der Waals surface area contributed by atoms with Crippen LogP contribution in [-0.2, 0) is 0 Å². The van der Waals surface area contributed by atoms with Gasteiger partial charge in [0.2, 0.25) is 0 Å². The normalized spacial score (nSPS) is 11.6. The van der Waals surface area contributed by atoms with E-state index in [9.17, 15) is 0 Å². The first-order valence-corrected chi connectivity index (χ1v) is 15.0. The Kier molecular flexibility index (Phi) is 5.54. The highest BCUT2D eigenvalue weighted by molar-refractivity contribution is 6.17. The zero-order chi connectivity index (χ0) is 29.0. The van der Waals surface area contributed by atoms with Gasteiger partial charge in [-0.1, -0.05) is 121 Å². The molecule has 0 unspecified atom stereocenters. The third-order valence-electron chi connectivity index (χ3n) is 8.78. The Balaban J connectivity index is 1.40. The van der Waals surface area contributed by atoms with Gasteiger partial charge in [-0.25, -0.2) is 0 Å². The quantitative estimate of drug-likeness (QED) is 0.209. The Morgan fingerprint density at radius 3 is 1.84 bits per heavy atom. The number of fused-ring (bicyclic) bond motifs is 6. The molecular formula is C42H27NO. The van der Waals surface area contributed by atoms with Crippen LogP contribution in [0.1, 0.15) is 0 Å². The van der Waals surface area contributed by atoms with E-state index in [-0.39, 0.29) is 0 Å². The Labute approximate surface area is 255 Å². The monoisotopic (exact) mass is 561 g/mol. The van der Waals surface area contributed by atoms with Crippen molar-refractivity contribution in [3.05, 3.63) is 164 Å². The van der Waals surface area contributed by atoms with Crippen molar-refractivity contribution in [2.75, 3.05) is 0 Å². The lowest BCUT2D eigenvalue weighted by Gasteiger charge is -2.13. The number of nitrogens with zero attached hydrogens (tertiary/aromatic N) is 1. The summed E-state index contributed by atoms with van der Waals surface area (Å²) in [5.41, 5.74) is 12.4. The summed E-state index contributed by atoms with van der Waals surface area (Å²) < 4.78 is 8.88.